The van der Waals surface area contributed by atoms with Crippen molar-refractivity contribution in [3.8, 4) is 0 Å². The standard InChI is InChI=1S/C14H21FN2O3S/c1-10-4-5-13(15)14(6-10)21(19,20)17-9-12(18)7-11(17)8-16(2)3/h4-6,11-12,18H,7-9H2,1-3H3. The van der Waals surface area contributed by atoms with E-state index in [1.165, 1.54) is 16.4 Å². The van der Waals surface area contributed by atoms with Crippen LogP contribution in [0.15, 0.2) is 23.1 Å². The third-order valence-corrected chi connectivity index (χ3v) is 5.52. The molecule has 2 atom stereocenters. The van der Waals surface area contributed by atoms with Crippen molar-refractivity contribution >= 4 is 10.0 Å². The first-order valence-corrected chi connectivity index (χ1v) is 8.26. The molecule has 1 aromatic rings. The highest BCUT2D eigenvalue weighted by Gasteiger charge is 2.40. The Morgan fingerprint density at radius 1 is 1.43 bits per heavy atom. The zero-order valence-corrected chi connectivity index (χ0v) is 13.3. The molecule has 2 rings (SSSR count). The highest BCUT2D eigenvalue weighted by atomic mass is 32.2. The topological polar surface area (TPSA) is 60.9 Å². The van der Waals surface area contributed by atoms with Crippen LogP contribution in [-0.2, 0) is 10.0 Å². The highest BCUT2D eigenvalue weighted by Crippen LogP contribution is 2.28. The first-order chi connectivity index (χ1) is 9.71. The van der Waals surface area contributed by atoms with E-state index >= 15 is 0 Å². The maximum absolute atomic E-state index is 13.9. The van der Waals surface area contributed by atoms with Crippen LogP contribution in [0.1, 0.15) is 12.0 Å². The van der Waals surface area contributed by atoms with Gasteiger partial charge in [0.05, 0.1) is 6.10 Å². The van der Waals surface area contributed by atoms with Crippen molar-refractivity contribution in [2.45, 2.75) is 30.4 Å². The lowest BCUT2D eigenvalue weighted by molar-refractivity contribution is 0.188. The predicted molar refractivity (Wildman–Crippen MR) is 78.0 cm³/mol. The van der Waals surface area contributed by atoms with Gasteiger partial charge in [0.2, 0.25) is 10.0 Å². The number of likely N-dealkylation sites (N-methyl/N-ethyl adjacent to an activating group) is 1. The molecule has 1 N–H and O–H groups in total. The number of rotatable bonds is 4. The Labute approximate surface area is 125 Å². The molecule has 0 aliphatic carbocycles. The zero-order valence-electron chi connectivity index (χ0n) is 12.5. The van der Waals surface area contributed by atoms with Crippen LogP contribution in [0.5, 0.6) is 0 Å². The van der Waals surface area contributed by atoms with E-state index < -0.39 is 21.9 Å². The minimum absolute atomic E-state index is 0.00816. The van der Waals surface area contributed by atoms with E-state index in [1.54, 1.807) is 6.92 Å². The fourth-order valence-corrected chi connectivity index (χ4v) is 4.49. The second kappa shape index (κ2) is 6.00. The molecule has 1 heterocycles. The molecule has 118 valence electrons. The summed E-state index contributed by atoms with van der Waals surface area (Å²) in [5.74, 6) is -0.759. The van der Waals surface area contributed by atoms with Crippen LogP contribution in [0.3, 0.4) is 0 Å². The van der Waals surface area contributed by atoms with Gasteiger partial charge < -0.3 is 10.0 Å². The molecule has 7 heteroatoms. The minimum atomic E-state index is -3.95. The van der Waals surface area contributed by atoms with Crippen LogP contribution in [-0.4, -0.2) is 62.1 Å². The highest BCUT2D eigenvalue weighted by molar-refractivity contribution is 7.89. The molecular weight excluding hydrogens is 295 g/mol. The van der Waals surface area contributed by atoms with Gasteiger partial charge in [-0.3, -0.25) is 0 Å². The van der Waals surface area contributed by atoms with E-state index in [4.69, 9.17) is 0 Å². The second-order valence-electron chi connectivity index (χ2n) is 5.81. The maximum Gasteiger partial charge on any atom is 0.246 e. The number of halogens is 1. The van der Waals surface area contributed by atoms with Gasteiger partial charge in [-0.15, -0.1) is 0 Å². The van der Waals surface area contributed by atoms with E-state index in [9.17, 15) is 17.9 Å². The fourth-order valence-electron chi connectivity index (χ4n) is 2.68. The van der Waals surface area contributed by atoms with Crippen molar-refractivity contribution in [3.63, 3.8) is 0 Å². The van der Waals surface area contributed by atoms with Crippen LogP contribution in [0.4, 0.5) is 4.39 Å². The summed E-state index contributed by atoms with van der Waals surface area (Å²) in [7, 11) is -0.276. The second-order valence-corrected chi connectivity index (χ2v) is 7.67. The van der Waals surface area contributed by atoms with Crippen LogP contribution in [0.25, 0.3) is 0 Å². The normalized spacial score (nSPS) is 23.9. The van der Waals surface area contributed by atoms with Crippen molar-refractivity contribution in [2.75, 3.05) is 27.2 Å². The molecule has 21 heavy (non-hydrogen) atoms. The van der Waals surface area contributed by atoms with Gasteiger partial charge in [-0.1, -0.05) is 6.07 Å². The average molecular weight is 316 g/mol. The van der Waals surface area contributed by atoms with Crippen molar-refractivity contribution in [3.05, 3.63) is 29.6 Å². The number of aliphatic hydroxyl groups is 1. The van der Waals surface area contributed by atoms with E-state index in [-0.39, 0.29) is 17.5 Å². The van der Waals surface area contributed by atoms with Gasteiger partial charge in [-0.25, -0.2) is 12.8 Å². The number of β-amino-alcohol motifs (C(OH)–C–C–N with tert-alkyl or cyclic N) is 1. The Hall–Kier alpha value is -1.02. The van der Waals surface area contributed by atoms with Gasteiger partial charge in [0, 0.05) is 19.1 Å². The lowest BCUT2D eigenvalue weighted by atomic mass is 10.2. The van der Waals surface area contributed by atoms with E-state index in [1.807, 2.05) is 19.0 Å². The quantitative estimate of drug-likeness (QED) is 0.893. The summed E-state index contributed by atoms with van der Waals surface area (Å²) in [4.78, 5) is 1.54. The first-order valence-electron chi connectivity index (χ1n) is 6.82. The predicted octanol–water partition coefficient (Wildman–Crippen LogP) is 0.820. The molecule has 0 spiro atoms. The van der Waals surface area contributed by atoms with E-state index in [0.717, 1.165) is 6.07 Å². The Morgan fingerprint density at radius 3 is 2.71 bits per heavy atom. The summed E-state index contributed by atoms with van der Waals surface area (Å²) < 4.78 is 40.5. The Balaban J connectivity index is 2.39. The molecule has 0 radical (unpaired) electrons. The van der Waals surface area contributed by atoms with E-state index in [2.05, 4.69) is 0 Å². The lowest BCUT2D eigenvalue weighted by Crippen LogP contribution is -2.41. The van der Waals surface area contributed by atoms with Gasteiger partial charge in [-0.2, -0.15) is 4.31 Å². The molecule has 1 aliphatic rings. The zero-order chi connectivity index (χ0) is 15.8. The third-order valence-electron chi connectivity index (χ3n) is 3.59. The van der Waals surface area contributed by atoms with Crippen LogP contribution < -0.4 is 0 Å². The Morgan fingerprint density at radius 2 is 2.10 bits per heavy atom. The molecule has 0 aromatic heterocycles. The number of benzene rings is 1. The summed E-state index contributed by atoms with van der Waals surface area (Å²) in [6.07, 6.45) is -0.345. The minimum Gasteiger partial charge on any atom is -0.392 e. The first kappa shape index (κ1) is 16.4. The van der Waals surface area contributed by atoms with Crippen LogP contribution >= 0.6 is 0 Å². The summed E-state index contributed by atoms with van der Waals surface area (Å²) in [5.41, 5.74) is 0.680. The molecule has 5 nitrogen and oxygen atoms in total. The number of aliphatic hydroxyl groups excluding tert-OH is 1. The Bertz CT molecular complexity index is 619. The monoisotopic (exact) mass is 316 g/mol. The smallest absolute Gasteiger partial charge is 0.246 e. The largest absolute Gasteiger partial charge is 0.392 e. The molecule has 2 unspecified atom stereocenters. The molecule has 1 fully saturated rings. The Kier molecular flexibility index (Phi) is 4.67. The molecule has 1 aliphatic heterocycles. The average Bonchev–Trinajstić information content (AvgIpc) is 2.73. The maximum atomic E-state index is 13.9. The lowest BCUT2D eigenvalue weighted by Gasteiger charge is -2.26. The molecule has 1 aromatic carbocycles. The fraction of sp³-hybridized carbons (Fsp3) is 0.571. The van der Waals surface area contributed by atoms with Gasteiger partial charge >= 0.3 is 0 Å². The number of hydrogen-bond acceptors (Lipinski definition) is 4. The molecular formula is C14H21FN2O3S. The number of aryl methyl sites for hydroxylation is 1. The van der Waals surface area contributed by atoms with Gasteiger partial charge in [-0.05, 0) is 45.1 Å². The molecule has 0 saturated carbocycles. The number of hydrogen-bond donors (Lipinski definition) is 1. The molecule has 1 saturated heterocycles. The van der Waals surface area contributed by atoms with Crippen molar-refractivity contribution < 1.29 is 17.9 Å². The van der Waals surface area contributed by atoms with E-state index in [0.29, 0.717) is 18.5 Å². The molecule has 0 amide bonds. The molecule has 0 bridgehead atoms. The summed E-state index contributed by atoms with van der Waals surface area (Å²) in [6.45, 7) is 2.21. The number of nitrogens with zero attached hydrogens (tertiary/aromatic N) is 2. The van der Waals surface area contributed by atoms with Crippen molar-refractivity contribution in [2.24, 2.45) is 0 Å². The van der Waals surface area contributed by atoms with Crippen molar-refractivity contribution in [1.82, 2.24) is 9.21 Å². The van der Waals surface area contributed by atoms with Crippen molar-refractivity contribution in [1.29, 1.82) is 0 Å². The SMILES string of the molecule is Cc1ccc(F)c(S(=O)(=O)N2CC(O)CC2CN(C)C)c1. The van der Waals surface area contributed by atoms with Crippen LogP contribution in [0, 0.1) is 12.7 Å². The third kappa shape index (κ3) is 3.42. The summed E-state index contributed by atoms with van der Waals surface area (Å²) >= 11 is 0. The van der Waals surface area contributed by atoms with Gasteiger partial charge in [0.25, 0.3) is 0 Å². The van der Waals surface area contributed by atoms with Crippen LogP contribution in [0.2, 0.25) is 0 Å². The van der Waals surface area contributed by atoms with Gasteiger partial charge in [0.1, 0.15) is 10.7 Å². The summed E-state index contributed by atoms with van der Waals surface area (Å²) in [6, 6.07) is 3.68. The number of sulfonamides is 1. The van der Waals surface area contributed by atoms with Gasteiger partial charge in [0.15, 0.2) is 0 Å². The summed E-state index contributed by atoms with van der Waals surface area (Å²) in [5, 5.41) is 9.80.